The standard InChI is InChI=1S/C26H25F6NO3/c1-16(2)35-23-12-18(8-9-22(23)28)25(33-15-34,14-17-6-4-3-5-7-17)19-10-20(27)13-21(11-19)36-26(31,32)24(29)30/h3-9,11-13,15-16,20,24H,10,14H2,1-2H3,(H,33,34)/t20?,25-/m1/s1. The third-order valence-corrected chi connectivity index (χ3v) is 5.54. The Balaban J connectivity index is 2.20. The summed E-state index contributed by atoms with van der Waals surface area (Å²) >= 11 is 0. The van der Waals surface area contributed by atoms with Crippen LogP contribution in [0.25, 0.3) is 0 Å². The van der Waals surface area contributed by atoms with Crippen LogP contribution in [0.4, 0.5) is 26.3 Å². The molecule has 0 fully saturated rings. The maximum atomic E-state index is 14.8. The summed E-state index contributed by atoms with van der Waals surface area (Å²) in [5.41, 5.74) is -0.612. The van der Waals surface area contributed by atoms with Crippen molar-refractivity contribution in [3.8, 4) is 5.75 Å². The Labute approximate surface area is 204 Å². The highest BCUT2D eigenvalue weighted by atomic mass is 19.3. The molecular weight excluding hydrogens is 488 g/mol. The Bertz CT molecular complexity index is 1120. The van der Waals surface area contributed by atoms with Gasteiger partial charge in [-0.25, -0.2) is 8.78 Å². The molecule has 1 amide bonds. The van der Waals surface area contributed by atoms with Gasteiger partial charge in [0.2, 0.25) is 6.41 Å². The SMILES string of the molecule is CC(C)Oc1cc([C@@](Cc2ccccc2)(NC=O)C2=CC(OC(F)(F)C(F)F)=CC(F)C2)ccc1F. The topological polar surface area (TPSA) is 47.6 Å². The molecule has 0 heterocycles. The molecule has 10 heteroatoms. The minimum Gasteiger partial charge on any atom is -0.488 e. The van der Waals surface area contributed by atoms with Crippen molar-refractivity contribution in [3.05, 3.63) is 89.0 Å². The summed E-state index contributed by atoms with van der Waals surface area (Å²) < 4.78 is 91.6. The Hall–Kier alpha value is -3.43. The van der Waals surface area contributed by atoms with Crippen LogP contribution in [0.3, 0.4) is 0 Å². The van der Waals surface area contributed by atoms with Gasteiger partial charge in [-0.05, 0) is 54.8 Å². The fourth-order valence-corrected chi connectivity index (χ4v) is 4.03. The number of halogens is 6. The highest BCUT2D eigenvalue weighted by molar-refractivity contribution is 5.56. The molecule has 4 nitrogen and oxygen atoms in total. The fraction of sp³-hybridized carbons (Fsp3) is 0.346. The van der Waals surface area contributed by atoms with Crippen LogP contribution in [0.15, 0.2) is 72.0 Å². The average Bonchev–Trinajstić information content (AvgIpc) is 2.79. The third kappa shape index (κ3) is 6.22. The molecule has 0 saturated heterocycles. The van der Waals surface area contributed by atoms with Gasteiger partial charge in [-0.3, -0.25) is 4.79 Å². The van der Waals surface area contributed by atoms with Gasteiger partial charge >= 0.3 is 12.5 Å². The number of benzene rings is 2. The lowest BCUT2D eigenvalue weighted by Crippen LogP contribution is -2.46. The van der Waals surface area contributed by atoms with Gasteiger partial charge in [0.15, 0.2) is 11.6 Å². The zero-order chi connectivity index (χ0) is 26.5. The van der Waals surface area contributed by atoms with Gasteiger partial charge in [-0.2, -0.15) is 17.6 Å². The van der Waals surface area contributed by atoms with Crippen LogP contribution >= 0.6 is 0 Å². The highest BCUT2D eigenvalue weighted by Gasteiger charge is 2.46. The quantitative estimate of drug-likeness (QED) is 0.287. The van der Waals surface area contributed by atoms with Gasteiger partial charge in [0.1, 0.15) is 11.9 Å². The van der Waals surface area contributed by atoms with Crippen LogP contribution in [0.1, 0.15) is 31.4 Å². The van der Waals surface area contributed by atoms with Crippen molar-refractivity contribution in [3.63, 3.8) is 0 Å². The first-order valence-electron chi connectivity index (χ1n) is 11.1. The molecule has 0 bridgehead atoms. The lowest BCUT2D eigenvalue weighted by molar-refractivity contribution is -0.280. The van der Waals surface area contributed by atoms with E-state index in [-0.39, 0.29) is 29.7 Å². The second-order valence-corrected chi connectivity index (χ2v) is 8.56. The maximum Gasteiger partial charge on any atom is 0.461 e. The maximum absolute atomic E-state index is 14.8. The summed E-state index contributed by atoms with van der Waals surface area (Å²) in [4.78, 5) is 11.8. The number of amides is 1. The average molecular weight is 513 g/mol. The molecule has 0 spiro atoms. The van der Waals surface area contributed by atoms with Crippen LogP contribution in [-0.4, -0.2) is 31.2 Å². The number of hydrogen-bond acceptors (Lipinski definition) is 3. The van der Waals surface area contributed by atoms with E-state index in [0.717, 1.165) is 12.1 Å². The number of ether oxygens (including phenoxy) is 2. The van der Waals surface area contributed by atoms with E-state index in [9.17, 15) is 31.1 Å². The predicted octanol–water partition coefficient (Wildman–Crippen LogP) is 6.22. The van der Waals surface area contributed by atoms with E-state index in [1.807, 2.05) is 0 Å². The van der Waals surface area contributed by atoms with Crippen LogP contribution in [0.5, 0.6) is 5.75 Å². The van der Waals surface area contributed by atoms with Crippen molar-refractivity contribution in [2.45, 2.75) is 57.0 Å². The molecule has 36 heavy (non-hydrogen) atoms. The van der Waals surface area contributed by atoms with Gasteiger partial charge in [-0.15, -0.1) is 0 Å². The smallest absolute Gasteiger partial charge is 0.461 e. The molecule has 2 aromatic rings. The third-order valence-electron chi connectivity index (χ3n) is 5.54. The Kier molecular flexibility index (Phi) is 8.37. The van der Waals surface area contributed by atoms with Crippen molar-refractivity contribution in [1.29, 1.82) is 0 Å². The van der Waals surface area contributed by atoms with Gasteiger partial charge in [0.05, 0.1) is 11.6 Å². The van der Waals surface area contributed by atoms with E-state index >= 15 is 0 Å². The molecule has 3 rings (SSSR count). The lowest BCUT2D eigenvalue weighted by atomic mass is 9.74. The predicted molar refractivity (Wildman–Crippen MR) is 121 cm³/mol. The normalized spacial score (nSPS) is 17.8. The summed E-state index contributed by atoms with van der Waals surface area (Å²) in [6.45, 7) is 3.37. The van der Waals surface area contributed by atoms with E-state index in [1.165, 1.54) is 12.1 Å². The van der Waals surface area contributed by atoms with Crippen molar-refractivity contribution in [1.82, 2.24) is 5.32 Å². The zero-order valence-corrected chi connectivity index (χ0v) is 19.5. The lowest BCUT2D eigenvalue weighted by Gasteiger charge is -2.39. The number of alkyl halides is 5. The van der Waals surface area contributed by atoms with Crippen LogP contribution < -0.4 is 10.1 Å². The minimum absolute atomic E-state index is 0.00357. The summed E-state index contributed by atoms with van der Waals surface area (Å²) in [5.74, 6) is -1.65. The zero-order valence-electron chi connectivity index (χ0n) is 19.5. The monoisotopic (exact) mass is 513 g/mol. The summed E-state index contributed by atoms with van der Waals surface area (Å²) in [6, 6.07) is 12.4. The molecule has 0 radical (unpaired) electrons. The first kappa shape index (κ1) is 27.2. The molecule has 2 aromatic carbocycles. The summed E-state index contributed by atoms with van der Waals surface area (Å²) in [5, 5.41) is 2.65. The van der Waals surface area contributed by atoms with Gasteiger partial charge in [0.25, 0.3) is 0 Å². The van der Waals surface area contributed by atoms with Crippen molar-refractivity contribution >= 4 is 6.41 Å². The van der Waals surface area contributed by atoms with E-state index in [0.29, 0.717) is 18.0 Å². The van der Waals surface area contributed by atoms with Gasteiger partial charge in [-0.1, -0.05) is 36.4 Å². The number of hydrogen-bond donors (Lipinski definition) is 1. The first-order chi connectivity index (χ1) is 17.0. The largest absolute Gasteiger partial charge is 0.488 e. The molecule has 1 aliphatic rings. The van der Waals surface area contributed by atoms with Crippen LogP contribution in [0.2, 0.25) is 0 Å². The number of rotatable bonds is 11. The highest BCUT2D eigenvalue weighted by Crippen LogP contribution is 2.41. The number of carbonyl (C=O) groups is 1. The molecule has 194 valence electrons. The molecule has 1 N–H and O–H groups in total. The molecule has 1 unspecified atom stereocenters. The molecule has 0 aromatic heterocycles. The summed E-state index contributed by atoms with van der Waals surface area (Å²) in [7, 11) is 0. The van der Waals surface area contributed by atoms with Crippen LogP contribution in [-0.2, 0) is 21.5 Å². The van der Waals surface area contributed by atoms with Gasteiger partial charge < -0.3 is 14.8 Å². The van der Waals surface area contributed by atoms with E-state index < -0.39 is 41.9 Å². The Morgan fingerprint density at radius 3 is 2.44 bits per heavy atom. The van der Waals surface area contributed by atoms with Gasteiger partial charge in [0, 0.05) is 12.8 Å². The molecular formula is C26H25F6NO3. The van der Waals surface area contributed by atoms with Crippen molar-refractivity contribution in [2.75, 3.05) is 0 Å². The van der Waals surface area contributed by atoms with Crippen molar-refractivity contribution in [2.24, 2.45) is 0 Å². The second-order valence-electron chi connectivity index (χ2n) is 8.56. The second kappa shape index (κ2) is 11.1. The Morgan fingerprint density at radius 2 is 1.83 bits per heavy atom. The van der Waals surface area contributed by atoms with Crippen molar-refractivity contribution < 1.29 is 40.6 Å². The molecule has 1 aliphatic carbocycles. The molecule has 0 saturated carbocycles. The van der Waals surface area contributed by atoms with Crippen LogP contribution in [0, 0.1) is 5.82 Å². The number of carbonyl (C=O) groups excluding carboxylic acids is 1. The summed E-state index contributed by atoms with van der Waals surface area (Å²) in [6.07, 6.45) is -9.68. The first-order valence-corrected chi connectivity index (χ1v) is 11.1. The van der Waals surface area contributed by atoms with E-state index in [1.54, 1.807) is 44.2 Å². The van der Waals surface area contributed by atoms with E-state index in [4.69, 9.17) is 4.74 Å². The minimum atomic E-state index is -4.86. The number of nitrogens with one attached hydrogen (secondary N) is 1. The fourth-order valence-electron chi connectivity index (χ4n) is 4.03. The number of allylic oxidation sites excluding steroid dienone is 2. The molecule has 0 aliphatic heterocycles. The molecule has 2 atom stereocenters. The van der Waals surface area contributed by atoms with E-state index in [2.05, 4.69) is 10.1 Å². The Morgan fingerprint density at radius 1 is 1.14 bits per heavy atom.